The van der Waals surface area contributed by atoms with Gasteiger partial charge < -0.3 is 16.4 Å². The number of fused-ring (bicyclic) bond motifs is 1. The maximum absolute atomic E-state index is 13.9. The molecule has 2 aliphatic rings. The van der Waals surface area contributed by atoms with Gasteiger partial charge in [-0.05, 0) is 26.8 Å². The molecule has 9 heteroatoms. The van der Waals surface area contributed by atoms with Gasteiger partial charge in [0.1, 0.15) is 23.6 Å². The Balaban J connectivity index is 1.64. The largest absolute Gasteiger partial charge is 0.385 e. The summed E-state index contributed by atoms with van der Waals surface area (Å²) in [5.41, 5.74) is 6.65. The van der Waals surface area contributed by atoms with Crippen molar-refractivity contribution in [3.63, 3.8) is 0 Å². The van der Waals surface area contributed by atoms with Crippen molar-refractivity contribution in [2.24, 2.45) is 16.1 Å². The van der Waals surface area contributed by atoms with Crippen LogP contribution in [0.4, 0.5) is 4.39 Å². The van der Waals surface area contributed by atoms with E-state index in [0.717, 1.165) is 0 Å². The minimum absolute atomic E-state index is 0.133. The molecule has 140 valence electrons. The lowest BCUT2D eigenvalue weighted by molar-refractivity contribution is -0.125. The van der Waals surface area contributed by atoms with Crippen molar-refractivity contribution in [1.82, 2.24) is 25.4 Å². The Morgan fingerprint density at radius 1 is 1.33 bits per heavy atom. The van der Waals surface area contributed by atoms with Crippen molar-refractivity contribution >= 4 is 11.7 Å². The molecule has 1 unspecified atom stereocenters. The SMILES string of the molecule is Cc1nc(C2=NC3NC(=O)C(C)(C)C3=C(N)N2)nn1Cc1ccccc1F. The Labute approximate surface area is 155 Å². The quantitative estimate of drug-likeness (QED) is 0.740. The maximum atomic E-state index is 13.9. The molecule has 1 atom stereocenters. The van der Waals surface area contributed by atoms with Crippen LogP contribution in [0.25, 0.3) is 0 Å². The van der Waals surface area contributed by atoms with Crippen LogP contribution in [0, 0.1) is 18.2 Å². The molecule has 1 aromatic carbocycles. The van der Waals surface area contributed by atoms with Crippen LogP contribution in [0.3, 0.4) is 0 Å². The lowest BCUT2D eigenvalue weighted by Gasteiger charge is -2.24. The predicted octanol–water partition coefficient (Wildman–Crippen LogP) is 0.776. The van der Waals surface area contributed by atoms with Gasteiger partial charge in [-0.3, -0.25) is 4.79 Å². The zero-order valence-corrected chi connectivity index (χ0v) is 15.2. The molecule has 0 radical (unpaired) electrons. The van der Waals surface area contributed by atoms with Gasteiger partial charge in [-0.15, -0.1) is 5.10 Å². The molecule has 2 aromatic rings. The molecule has 0 bridgehead atoms. The van der Waals surface area contributed by atoms with E-state index in [9.17, 15) is 9.18 Å². The summed E-state index contributed by atoms with van der Waals surface area (Å²) in [6.07, 6.45) is -0.539. The fourth-order valence-electron chi connectivity index (χ4n) is 3.35. The molecule has 2 aliphatic heterocycles. The van der Waals surface area contributed by atoms with Gasteiger partial charge >= 0.3 is 0 Å². The summed E-state index contributed by atoms with van der Waals surface area (Å²) in [6.45, 7) is 5.64. The second-order valence-electron chi connectivity index (χ2n) is 7.16. The average Bonchev–Trinajstić information content (AvgIpc) is 3.07. The molecule has 0 aliphatic carbocycles. The Hall–Kier alpha value is -3.23. The van der Waals surface area contributed by atoms with Gasteiger partial charge in [0.05, 0.1) is 12.0 Å². The monoisotopic (exact) mass is 369 g/mol. The van der Waals surface area contributed by atoms with Crippen LogP contribution in [-0.2, 0) is 11.3 Å². The summed E-state index contributed by atoms with van der Waals surface area (Å²) in [7, 11) is 0. The number of benzene rings is 1. The highest BCUT2D eigenvalue weighted by molar-refractivity contribution is 5.99. The number of halogens is 1. The minimum atomic E-state index is -0.732. The van der Waals surface area contributed by atoms with E-state index in [0.29, 0.717) is 34.4 Å². The van der Waals surface area contributed by atoms with Gasteiger partial charge in [0.25, 0.3) is 0 Å². The van der Waals surface area contributed by atoms with Crippen LogP contribution >= 0.6 is 0 Å². The number of rotatable bonds is 3. The third kappa shape index (κ3) is 2.75. The van der Waals surface area contributed by atoms with Crippen LogP contribution in [0.2, 0.25) is 0 Å². The summed E-state index contributed by atoms with van der Waals surface area (Å²) in [6, 6.07) is 6.53. The van der Waals surface area contributed by atoms with Gasteiger partial charge in [0.2, 0.25) is 11.7 Å². The van der Waals surface area contributed by atoms with Crippen LogP contribution in [0.1, 0.15) is 31.1 Å². The number of carbonyl (C=O) groups excluding carboxylic acids is 1. The molecule has 1 saturated heterocycles. The third-order valence-corrected chi connectivity index (χ3v) is 4.93. The van der Waals surface area contributed by atoms with Crippen LogP contribution in [-0.4, -0.2) is 32.7 Å². The zero-order chi connectivity index (χ0) is 19.3. The molecule has 8 nitrogen and oxygen atoms in total. The van der Waals surface area contributed by atoms with Crippen LogP contribution in [0.5, 0.6) is 0 Å². The van der Waals surface area contributed by atoms with E-state index in [1.807, 2.05) is 0 Å². The predicted molar refractivity (Wildman–Crippen MR) is 96.9 cm³/mol. The van der Waals surface area contributed by atoms with Gasteiger partial charge in [-0.25, -0.2) is 19.0 Å². The summed E-state index contributed by atoms with van der Waals surface area (Å²) in [5, 5.41) is 10.3. The van der Waals surface area contributed by atoms with Crippen molar-refractivity contribution in [2.45, 2.75) is 33.5 Å². The fourth-order valence-corrected chi connectivity index (χ4v) is 3.35. The normalized spacial score (nSPS) is 20.8. The van der Waals surface area contributed by atoms with E-state index in [2.05, 4.69) is 25.7 Å². The molecule has 1 fully saturated rings. The first-order valence-corrected chi connectivity index (χ1v) is 8.58. The summed E-state index contributed by atoms with van der Waals surface area (Å²) >= 11 is 0. The highest BCUT2D eigenvalue weighted by Gasteiger charge is 2.47. The molecule has 4 rings (SSSR count). The number of carbonyl (C=O) groups is 1. The smallest absolute Gasteiger partial charge is 0.231 e. The first kappa shape index (κ1) is 17.2. The van der Waals surface area contributed by atoms with E-state index < -0.39 is 11.6 Å². The fraction of sp³-hybridized carbons (Fsp3) is 0.333. The van der Waals surface area contributed by atoms with E-state index in [1.165, 1.54) is 6.07 Å². The standard InChI is InChI=1S/C18H20FN7O/c1-9-21-16(25-26(9)8-10-6-4-5-7-11(10)19)15-22-13(20)12-14(23-15)24-17(27)18(12,2)3/h4-7,14H,8,20H2,1-3H3,(H,22,23)(H,24,27). The number of amidine groups is 1. The van der Waals surface area contributed by atoms with E-state index >= 15 is 0 Å². The first-order chi connectivity index (χ1) is 12.8. The zero-order valence-electron chi connectivity index (χ0n) is 15.2. The van der Waals surface area contributed by atoms with Crippen molar-refractivity contribution in [1.29, 1.82) is 0 Å². The first-order valence-electron chi connectivity index (χ1n) is 8.58. The minimum Gasteiger partial charge on any atom is -0.385 e. The summed E-state index contributed by atoms with van der Waals surface area (Å²) < 4.78 is 15.5. The maximum Gasteiger partial charge on any atom is 0.231 e. The Kier molecular flexibility index (Phi) is 3.76. The topological polar surface area (TPSA) is 110 Å². The number of aliphatic imine (C=N–C) groups is 1. The van der Waals surface area contributed by atoms with Crippen molar-refractivity contribution in [3.05, 3.63) is 58.7 Å². The highest BCUT2D eigenvalue weighted by atomic mass is 19.1. The van der Waals surface area contributed by atoms with E-state index in [4.69, 9.17) is 5.73 Å². The second-order valence-corrected chi connectivity index (χ2v) is 7.16. The number of aromatic nitrogens is 3. The number of nitrogens with two attached hydrogens (primary N) is 1. The number of nitrogens with zero attached hydrogens (tertiary/aromatic N) is 4. The lowest BCUT2D eigenvalue weighted by Crippen LogP contribution is -2.40. The average molecular weight is 369 g/mol. The van der Waals surface area contributed by atoms with Gasteiger partial charge in [0.15, 0.2) is 5.84 Å². The number of amides is 1. The summed E-state index contributed by atoms with van der Waals surface area (Å²) in [4.78, 5) is 21.1. The Morgan fingerprint density at radius 2 is 2.07 bits per heavy atom. The molecule has 27 heavy (non-hydrogen) atoms. The number of aryl methyl sites for hydroxylation is 1. The molecule has 0 spiro atoms. The van der Waals surface area contributed by atoms with Gasteiger partial charge in [-0.2, -0.15) is 0 Å². The molecule has 3 heterocycles. The lowest BCUT2D eigenvalue weighted by atomic mass is 9.85. The second kappa shape index (κ2) is 5.90. The van der Waals surface area contributed by atoms with Crippen molar-refractivity contribution in [3.8, 4) is 0 Å². The van der Waals surface area contributed by atoms with Crippen molar-refractivity contribution in [2.75, 3.05) is 0 Å². The molecule has 4 N–H and O–H groups in total. The van der Waals surface area contributed by atoms with Crippen molar-refractivity contribution < 1.29 is 9.18 Å². The number of nitrogens with one attached hydrogen (secondary N) is 2. The van der Waals surface area contributed by atoms with Gasteiger partial charge in [0, 0.05) is 11.1 Å². The van der Waals surface area contributed by atoms with Crippen LogP contribution < -0.4 is 16.4 Å². The molecule has 0 saturated carbocycles. The van der Waals surface area contributed by atoms with Crippen LogP contribution in [0.15, 0.2) is 40.7 Å². The molecule has 1 aromatic heterocycles. The molecule has 1 amide bonds. The Bertz CT molecular complexity index is 1000. The van der Waals surface area contributed by atoms with E-state index in [1.54, 1.807) is 43.7 Å². The molecular weight excluding hydrogens is 349 g/mol. The molecular formula is C18H20FN7O. The number of hydrogen-bond donors (Lipinski definition) is 3. The van der Waals surface area contributed by atoms with E-state index in [-0.39, 0.29) is 18.3 Å². The number of hydrogen-bond acceptors (Lipinski definition) is 6. The highest BCUT2D eigenvalue weighted by Crippen LogP contribution is 2.37. The summed E-state index contributed by atoms with van der Waals surface area (Å²) in [5.74, 6) is 1.26. The van der Waals surface area contributed by atoms with Gasteiger partial charge in [-0.1, -0.05) is 18.2 Å². The Morgan fingerprint density at radius 3 is 2.81 bits per heavy atom. The third-order valence-electron chi connectivity index (χ3n) is 4.93.